The summed E-state index contributed by atoms with van der Waals surface area (Å²) in [5, 5.41) is 2.00. The van der Waals surface area contributed by atoms with Crippen LogP contribution >= 0.6 is 11.3 Å². The SMILES string of the molecule is COc1cccc2cc(C(=O)N3CCCC4(CCN4Cc4cnc(C)s4)C3)oc12. The number of nitrogens with zero attached hydrogens (tertiary/aromatic N) is 3. The highest BCUT2D eigenvalue weighted by molar-refractivity contribution is 7.11. The van der Waals surface area contributed by atoms with Crippen molar-refractivity contribution in [3.63, 3.8) is 0 Å². The fraction of sp³-hybridized carbons (Fsp3) is 0.455. The molecule has 29 heavy (non-hydrogen) atoms. The molecular formula is C22H25N3O3S. The van der Waals surface area contributed by atoms with E-state index in [0.29, 0.717) is 17.1 Å². The van der Waals surface area contributed by atoms with Crippen molar-refractivity contribution in [2.24, 2.45) is 0 Å². The first-order valence-electron chi connectivity index (χ1n) is 10.1. The van der Waals surface area contributed by atoms with Gasteiger partial charge in [0.2, 0.25) is 0 Å². The summed E-state index contributed by atoms with van der Waals surface area (Å²) in [5.74, 6) is 1.02. The molecule has 2 aliphatic rings. The molecule has 3 aromatic rings. The van der Waals surface area contributed by atoms with E-state index in [9.17, 15) is 4.79 Å². The van der Waals surface area contributed by atoms with Gasteiger partial charge in [-0.3, -0.25) is 9.69 Å². The van der Waals surface area contributed by atoms with Gasteiger partial charge < -0.3 is 14.1 Å². The number of aromatic nitrogens is 1. The molecular weight excluding hydrogens is 386 g/mol. The Kier molecular flexibility index (Phi) is 4.59. The zero-order chi connectivity index (χ0) is 20.0. The van der Waals surface area contributed by atoms with Gasteiger partial charge in [-0.1, -0.05) is 12.1 Å². The lowest BCUT2D eigenvalue weighted by Gasteiger charge is -2.57. The van der Waals surface area contributed by atoms with Crippen LogP contribution in [0.1, 0.15) is 39.7 Å². The van der Waals surface area contributed by atoms with Crippen molar-refractivity contribution in [2.75, 3.05) is 26.7 Å². The highest BCUT2D eigenvalue weighted by Crippen LogP contribution is 2.40. The molecule has 152 valence electrons. The summed E-state index contributed by atoms with van der Waals surface area (Å²) in [4.78, 5) is 23.4. The molecule has 2 aromatic heterocycles. The molecule has 1 unspecified atom stereocenters. The van der Waals surface area contributed by atoms with Crippen molar-refractivity contribution in [3.8, 4) is 5.75 Å². The molecule has 2 fully saturated rings. The van der Waals surface area contributed by atoms with Gasteiger partial charge in [0, 0.05) is 48.2 Å². The quantitative estimate of drug-likeness (QED) is 0.647. The number of methoxy groups -OCH3 is 1. The number of thiazole rings is 1. The minimum atomic E-state index is -0.0252. The summed E-state index contributed by atoms with van der Waals surface area (Å²) in [7, 11) is 1.61. The Balaban J connectivity index is 1.34. The molecule has 1 spiro atoms. The van der Waals surface area contributed by atoms with Crippen LogP contribution in [0.5, 0.6) is 5.75 Å². The number of benzene rings is 1. The van der Waals surface area contributed by atoms with Crippen LogP contribution < -0.4 is 4.74 Å². The number of rotatable bonds is 4. The molecule has 0 N–H and O–H groups in total. The number of piperidine rings is 1. The lowest BCUT2D eigenvalue weighted by Crippen LogP contribution is -2.66. The molecule has 0 radical (unpaired) electrons. The van der Waals surface area contributed by atoms with Crippen molar-refractivity contribution in [1.82, 2.24) is 14.8 Å². The molecule has 0 aliphatic carbocycles. The zero-order valence-corrected chi connectivity index (χ0v) is 17.6. The van der Waals surface area contributed by atoms with Crippen LogP contribution in [0.3, 0.4) is 0 Å². The molecule has 0 saturated carbocycles. The number of furan rings is 1. The molecule has 2 saturated heterocycles. The van der Waals surface area contributed by atoms with Crippen molar-refractivity contribution in [2.45, 2.75) is 38.3 Å². The molecule has 6 nitrogen and oxygen atoms in total. The molecule has 0 bridgehead atoms. The normalized spacial score (nSPS) is 22.2. The predicted octanol–water partition coefficient (Wildman–Crippen LogP) is 4.09. The van der Waals surface area contributed by atoms with Crippen molar-refractivity contribution < 1.29 is 13.9 Å². The number of carbonyl (C=O) groups is 1. The Morgan fingerprint density at radius 2 is 2.24 bits per heavy atom. The minimum absolute atomic E-state index is 0.0252. The summed E-state index contributed by atoms with van der Waals surface area (Å²) in [6, 6.07) is 7.54. The van der Waals surface area contributed by atoms with Gasteiger partial charge in [-0.05, 0) is 38.3 Å². The number of hydrogen-bond acceptors (Lipinski definition) is 6. The average Bonchev–Trinajstić information content (AvgIpc) is 3.36. The Bertz CT molecular complexity index is 1060. The van der Waals surface area contributed by atoms with Crippen LogP contribution in [0.2, 0.25) is 0 Å². The van der Waals surface area contributed by atoms with E-state index in [4.69, 9.17) is 9.15 Å². The van der Waals surface area contributed by atoms with E-state index in [-0.39, 0.29) is 11.4 Å². The summed E-state index contributed by atoms with van der Waals surface area (Å²) in [6.07, 6.45) is 5.29. The smallest absolute Gasteiger partial charge is 0.289 e. The number of para-hydroxylation sites is 1. The van der Waals surface area contributed by atoms with Gasteiger partial charge in [-0.2, -0.15) is 0 Å². The molecule has 1 atom stereocenters. The Morgan fingerprint density at radius 3 is 2.97 bits per heavy atom. The standard InChI is InChI=1S/C22H25N3O3S/c1-15-23-12-17(29-15)13-25-10-8-22(25)7-4-9-24(14-22)21(26)19-11-16-5-3-6-18(27-2)20(16)28-19/h3,5-6,11-12H,4,7-10,13-14H2,1-2H3. The fourth-order valence-corrected chi connectivity index (χ4v) is 5.52. The first-order valence-corrected chi connectivity index (χ1v) is 10.9. The van der Waals surface area contributed by atoms with Crippen LogP contribution in [0.25, 0.3) is 11.0 Å². The van der Waals surface area contributed by atoms with E-state index < -0.39 is 0 Å². The predicted molar refractivity (Wildman–Crippen MR) is 113 cm³/mol. The molecule has 2 aliphatic heterocycles. The van der Waals surface area contributed by atoms with Gasteiger partial charge in [0.15, 0.2) is 17.1 Å². The molecule has 4 heterocycles. The van der Waals surface area contributed by atoms with Gasteiger partial charge in [0.1, 0.15) is 0 Å². The van der Waals surface area contributed by atoms with Crippen LogP contribution in [-0.4, -0.2) is 53.0 Å². The van der Waals surface area contributed by atoms with Crippen LogP contribution in [0, 0.1) is 6.92 Å². The van der Waals surface area contributed by atoms with Gasteiger partial charge in [0.05, 0.1) is 12.1 Å². The van der Waals surface area contributed by atoms with Crippen LogP contribution in [0.4, 0.5) is 0 Å². The summed E-state index contributed by atoms with van der Waals surface area (Å²) in [5.41, 5.74) is 0.728. The third kappa shape index (κ3) is 3.22. The lowest BCUT2D eigenvalue weighted by molar-refractivity contribution is -0.0647. The van der Waals surface area contributed by atoms with E-state index in [2.05, 4.69) is 9.88 Å². The maximum atomic E-state index is 13.2. The van der Waals surface area contributed by atoms with E-state index in [0.717, 1.165) is 55.8 Å². The van der Waals surface area contributed by atoms with Crippen molar-refractivity contribution in [1.29, 1.82) is 0 Å². The maximum Gasteiger partial charge on any atom is 0.289 e. The highest BCUT2D eigenvalue weighted by atomic mass is 32.1. The Morgan fingerprint density at radius 1 is 1.34 bits per heavy atom. The van der Waals surface area contributed by atoms with Crippen LogP contribution in [-0.2, 0) is 6.54 Å². The number of likely N-dealkylation sites (tertiary alicyclic amines) is 2. The average molecular weight is 412 g/mol. The lowest BCUT2D eigenvalue weighted by atomic mass is 9.77. The van der Waals surface area contributed by atoms with E-state index in [1.54, 1.807) is 18.4 Å². The van der Waals surface area contributed by atoms with Crippen LogP contribution in [0.15, 0.2) is 34.9 Å². The molecule has 7 heteroatoms. The second-order valence-corrected chi connectivity index (χ2v) is 9.38. The van der Waals surface area contributed by atoms with Gasteiger partial charge in [0.25, 0.3) is 5.91 Å². The fourth-order valence-electron chi connectivity index (χ4n) is 4.71. The van der Waals surface area contributed by atoms with E-state index >= 15 is 0 Å². The minimum Gasteiger partial charge on any atom is -0.493 e. The number of amides is 1. The van der Waals surface area contributed by atoms with Gasteiger partial charge in [-0.25, -0.2) is 4.98 Å². The summed E-state index contributed by atoms with van der Waals surface area (Å²) < 4.78 is 11.3. The maximum absolute atomic E-state index is 13.2. The monoisotopic (exact) mass is 411 g/mol. The topological polar surface area (TPSA) is 58.8 Å². The molecule has 5 rings (SSSR count). The van der Waals surface area contributed by atoms with Gasteiger partial charge in [-0.15, -0.1) is 11.3 Å². The number of carbonyl (C=O) groups excluding carboxylic acids is 1. The summed E-state index contributed by atoms with van der Waals surface area (Å²) >= 11 is 1.76. The molecule has 1 amide bonds. The van der Waals surface area contributed by atoms with Gasteiger partial charge >= 0.3 is 0 Å². The third-order valence-electron chi connectivity index (χ3n) is 6.31. The number of ether oxygens (including phenoxy) is 1. The van der Waals surface area contributed by atoms with Crippen molar-refractivity contribution >= 4 is 28.2 Å². The highest BCUT2D eigenvalue weighted by Gasteiger charge is 2.48. The molecule has 1 aromatic carbocycles. The Hall–Kier alpha value is -2.38. The Labute approximate surface area is 174 Å². The number of hydrogen-bond donors (Lipinski definition) is 0. The number of aryl methyl sites for hydroxylation is 1. The van der Waals surface area contributed by atoms with E-state index in [1.165, 1.54) is 4.88 Å². The number of fused-ring (bicyclic) bond motifs is 1. The zero-order valence-electron chi connectivity index (χ0n) is 16.8. The van der Waals surface area contributed by atoms with Crippen molar-refractivity contribution in [3.05, 3.63) is 46.1 Å². The van der Waals surface area contributed by atoms with E-state index in [1.807, 2.05) is 42.3 Å². The second kappa shape index (κ2) is 7.15. The summed E-state index contributed by atoms with van der Waals surface area (Å²) in [6.45, 7) is 5.60. The third-order valence-corrected chi connectivity index (χ3v) is 7.21. The first kappa shape index (κ1) is 18.6. The first-order chi connectivity index (χ1) is 14.1. The largest absolute Gasteiger partial charge is 0.493 e. The second-order valence-electron chi connectivity index (χ2n) is 8.06.